The van der Waals surface area contributed by atoms with Gasteiger partial charge in [0.1, 0.15) is 5.82 Å². The monoisotopic (exact) mass is 263 g/mol. The zero-order chi connectivity index (χ0) is 13.0. The van der Waals surface area contributed by atoms with Gasteiger partial charge < -0.3 is 5.32 Å². The maximum Gasteiger partial charge on any atom is 0.255 e. The minimum absolute atomic E-state index is 0.234. The van der Waals surface area contributed by atoms with Crippen molar-refractivity contribution >= 4 is 23.2 Å². The molecule has 0 saturated carbocycles. The normalized spacial score (nSPS) is 10.1. The summed E-state index contributed by atoms with van der Waals surface area (Å²) in [5.74, 6) is -0.151. The molecule has 0 aliphatic heterocycles. The van der Waals surface area contributed by atoms with Gasteiger partial charge in [-0.2, -0.15) is 0 Å². The second-order valence-corrected chi connectivity index (χ2v) is 4.06. The average molecular weight is 264 g/mol. The number of amides is 1. The summed E-state index contributed by atoms with van der Waals surface area (Å²) in [4.78, 5) is 11.9. The summed E-state index contributed by atoms with van der Waals surface area (Å²) in [5, 5.41) is 2.68. The molecule has 0 spiro atoms. The highest BCUT2D eigenvalue weighted by Crippen LogP contribution is 2.12. The second kappa shape index (κ2) is 5.65. The van der Waals surface area contributed by atoms with Crippen molar-refractivity contribution < 1.29 is 9.18 Å². The van der Waals surface area contributed by atoms with Crippen molar-refractivity contribution in [3.05, 3.63) is 65.5 Å². The van der Waals surface area contributed by atoms with Gasteiger partial charge in [0.25, 0.3) is 5.91 Å². The Balaban J connectivity index is 2.09. The number of halogens is 2. The molecule has 2 aromatic carbocycles. The van der Waals surface area contributed by atoms with Crippen LogP contribution in [0.5, 0.6) is 0 Å². The summed E-state index contributed by atoms with van der Waals surface area (Å²) in [6.45, 7) is 0. The summed E-state index contributed by atoms with van der Waals surface area (Å²) >= 11 is 5.67. The highest BCUT2D eigenvalue weighted by atomic mass is 35.5. The third-order valence-corrected chi connectivity index (χ3v) is 2.78. The molecule has 1 N–H and O–H groups in total. The Kier molecular flexibility index (Phi) is 3.95. The maximum atomic E-state index is 12.7. The first-order valence-corrected chi connectivity index (χ1v) is 5.94. The topological polar surface area (TPSA) is 29.1 Å². The minimum atomic E-state index is -0.334. The average Bonchev–Trinajstić information content (AvgIpc) is 2.41. The van der Waals surface area contributed by atoms with Crippen LogP contribution in [0, 0.1) is 5.82 Å². The lowest BCUT2D eigenvalue weighted by Crippen LogP contribution is -2.11. The van der Waals surface area contributed by atoms with Crippen LogP contribution >= 0.6 is 11.6 Å². The van der Waals surface area contributed by atoms with Crippen molar-refractivity contribution in [2.45, 2.75) is 5.88 Å². The van der Waals surface area contributed by atoms with Crippen molar-refractivity contribution in [1.29, 1.82) is 0 Å². The van der Waals surface area contributed by atoms with E-state index in [1.54, 1.807) is 24.3 Å². The molecule has 0 atom stereocenters. The second-order valence-electron chi connectivity index (χ2n) is 3.79. The van der Waals surface area contributed by atoms with Crippen molar-refractivity contribution in [1.82, 2.24) is 0 Å². The van der Waals surface area contributed by atoms with Crippen molar-refractivity contribution in [3.63, 3.8) is 0 Å². The van der Waals surface area contributed by atoms with E-state index >= 15 is 0 Å². The standard InChI is InChI=1S/C14H11ClFNO/c15-9-10-1-3-11(4-2-10)14(18)17-13-7-5-12(16)6-8-13/h1-8H,9H2,(H,17,18). The van der Waals surface area contributed by atoms with E-state index in [-0.39, 0.29) is 11.7 Å². The molecule has 4 heteroatoms. The molecule has 1 amide bonds. The van der Waals surface area contributed by atoms with E-state index in [4.69, 9.17) is 11.6 Å². The van der Waals surface area contributed by atoms with E-state index in [0.717, 1.165) is 5.56 Å². The van der Waals surface area contributed by atoms with Crippen LogP contribution < -0.4 is 5.32 Å². The lowest BCUT2D eigenvalue weighted by molar-refractivity contribution is 0.102. The molecule has 0 aliphatic carbocycles. The molecule has 18 heavy (non-hydrogen) atoms. The fourth-order valence-electron chi connectivity index (χ4n) is 1.48. The van der Waals surface area contributed by atoms with Gasteiger partial charge in [0.15, 0.2) is 0 Å². The molecule has 0 bridgehead atoms. The van der Waals surface area contributed by atoms with Crippen LogP contribution in [-0.2, 0) is 5.88 Å². The number of rotatable bonds is 3. The smallest absolute Gasteiger partial charge is 0.255 e. The molecule has 0 radical (unpaired) electrons. The van der Waals surface area contributed by atoms with E-state index in [0.29, 0.717) is 17.1 Å². The largest absolute Gasteiger partial charge is 0.322 e. The Morgan fingerprint density at radius 3 is 2.22 bits per heavy atom. The van der Waals surface area contributed by atoms with Gasteiger partial charge in [-0.25, -0.2) is 4.39 Å². The van der Waals surface area contributed by atoms with E-state index in [1.807, 2.05) is 0 Å². The number of hydrogen-bond donors (Lipinski definition) is 1. The predicted molar refractivity (Wildman–Crippen MR) is 70.4 cm³/mol. The molecular formula is C14H11ClFNO. The first-order valence-electron chi connectivity index (χ1n) is 5.41. The van der Waals surface area contributed by atoms with Gasteiger partial charge in [-0.15, -0.1) is 11.6 Å². The number of nitrogens with one attached hydrogen (secondary N) is 1. The van der Waals surface area contributed by atoms with Gasteiger partial charge in [-0.1, -0.05) is 12.1 Å². The van der Waals surface area contributed by atoms with Crippen LogP contribution in [0.15, 0.2) is 48.5 Å². The Labute approximate surface area is 109 Å². The lowest BCUT2D eigenvalue weighted by Gasteiger charge is -2.05. The quantitative estimate of drug-likeness (QED) is 0.838. The van der Waals surface area contributed by atoms with E-state index in [2.05, 4.69) is 5.32 Å². The number of alkyl halides is 1. The molecule has 2 aromatic rings. The van der Waals surface area contributed by atoms with E-state index in [1.165, 1.54) is 24.3 Å². The molecule has 2 rings (SSSR count). The van der Waals surface area contributed by atoms with Crippen LogP contribution in [0.25, 0.3) is 0 Å². The molecule has 92 valence electrons. The van der Waals surface area contributed by atoms with Gasteiger partial charge in [-0.05, 0) is 42.0 Å². The number of carbonyl (C=O) groups is 1. The molecule has 0 saturated heterocycles. The number of benzene rings is 2. The zero-order valence-corrected chi connectivity index (χ0v) is 10.2. The SMILES string of the molecule is O=C(Nc1ccc(F)cc1)c1ccc(CCl)cc1. The molecule has 0 aromatic heterocycles. The number of carbonyl (C=O) groups excluding carboxylic acids is 1. The fraction of sp³-hybridized carbons (Fsp3) is 0.0714. The maximum absolute atomic E-state index is 12.7. The van der Waals surface area contributed by atoms with Gasteiger partial charge in [-0.3, -0.25) is 4.79 Å². The van der Waals surface area contributed by atoms with Gasteiger partial charge in [0.05, 0.1) is 0 Å². The Bertz CT molecular complexity index is 537. The third kappa shape index (κ3) is 3.08. The first kappa shape index (κ1) is 12.6. The van der Waals surface area contributed by atoms with E-state index < -0.39 is 0 Å². The number of anilines is 1. The summed E-state index contributed by atoms with van der Waals surface area (Å²) in [6, 6.07) is 12.6. The van der Waals surface area contributed by atoms with Crippen LogP contribution in [0.2, 0.25) is 0 Å². The minimum Gasteiger partial charge on any atom is -0.322 e. The van der Waals surface area contributed by atoms with E-state index in [9.17, 15) is 9.18 Å². The molecule has 0 heterocycles. The highest BCUT2D eigenvalue weighted by molar-refractivity contribution is 6.17. The Hall–Kier alpha value is -1.87. The lowest BCUT2D eigenvalue weighted by atomic mass is 10.1. The zero-order valence-electron chi connectivity index (χ0n) is 9.49. The van der Waals surface area contributed by atoms with Crippen LogP contribution in [0.4, 0.5) is 10.1 Å². The predicted octanol–water partition coefficient (Wildman–Crippen LogP) is 3.82. The molecule has 0 unspecified atom stereocenters. The molecule has 0 fully saturated rings. The molecule has 2 nitrogen and oxygen atoms in total. The van der Waals surface area contributed by atoms with Crippen molar-refractivity contribution in [3.8, 4) is 0 Å². The summed E-state index contributed by atoms with van der Waals surface area (Å²) in [6.07, 6.45) is 0. The van der Waals surface area contributed by atoms with Crippen LogP contribution in [0.3, 0.4) is 0 Å². The van der Waals surface area contributed by atoms with Crippen LogP contribution in [0.1, 0.15) is 15.9 Å². The van der Waals surface area contributed by atoms with Crippen molar-refractivity contribution in [2.24, 2.45) is 0 Å². The Morgan fingerprint density at radius 1 is 1.06 bits per heavy atom. The molecular weight excluding hydrogens is 253 g/mol. The highest BCUT2D eigenvalue weighted by Gasteiger charge is 2.05. The first-order chi connectivity index (χ1) is 8.69. The van der Waals surface area contributed by atoms with Gasteiger partial charge in [0.2, 0.25) is 0 Å². The summed E-state index contributed by atoms with van der Waals surface area (Å²) in [5.41, 5.74) is 2.05. The van der Waals surface area contributed by atoms with Crippen LogP contribution in [-0.4, -0.2) is 5.91 Å². The Morgan fingerprint density at radius 2 is 1.67 bits per heavy atom. The third-order valence-electron chi connectivity index (χ3n) is 2.47. The summed E-state index contributed by atoms with van der Waals surface area (Å²) in [7, 11) is 0. The number of hydrogen-bond acceptors (Lipinski definition) is 1. The fourth-order valence-corrected chi connectivity index (χ4v) is 1.66. The molecule has 0 aliphatic rings. The van der Waals surface area contributed by atoms with Gasteiger partial charge >= 0.3 is 0 Å². The van der Waals surface area contributed by atoms with Gasteiger partial charge in [0, 0.05) is 17.1 Å². The van der Waals surface area contributed by atoms with Crippen molar-refractivity contribution in [2.75, 3.05) is 5.32 Å². The summed E-state index contributed by atoms with van der Waals surface area (Å²) < 4.78 is 12.7.